The summed E-state index contributed by atoms with van der Waals surface area (Å²) in [6.45, 7) is 0.448. The molecule has 3 aromatic rings. The highest BCUT2D eigenvalue weighted by Gasteiger charge is 2.20. The molecule has 28 heavy (non-hydrogen) atoms. The maximum absolute atomic E-state index is 12.8. The number of anilines is 1. The largest absolute Gasteiger partial charge is 0.478 e. The van der Waals surface area contributed by atoms with Gasteiger partial charge in [0.25, 0.3) is 5.91 Å². The van der Waals surface area contributed by atoms with Gasteiger partial charge in [0, 0.05) is 18.4 Å². The highest BCUT2D eigenvalue weighted by atomic mass is 16.4. The van der Waals surface area contributed by atoms with Gasteiger partial charge in [-0.15, -0.1) is 0 Å². The number of aromatic carboxylic acids is 2. The fourth-order valence-electron chi connectivity index (χ4n) is 2.82. The molecule has 0 saturated heterocycles. The second-order valence-electron chi connectivity index (χ2n) is 6.44. The van der Waals surface area contributed by atoms with Crippen LogP contribution in [0.25, 0.3) is 5.65 Å². The van der Waals surface area contributed by atoms with Gasteiger partial charge >= 0.3 is 11.9 Å². The van der Waals surface area contributed by atoms with E-state index >= 15 is 0 Å². The van der Waals surface area contributed by atoms with Crippen LogP contribution in [-0.2, 0) is 6.54 Å². The highest BCUT2D eigenvalue weighted by molar-refractivity contribution is 6.05. The molecule has 0 aliphatic carbocycles. The fourth-order valence-corrected chi connectivity index (χ4v) is 2.82. The Morgan fingerprint density at radius 1 is 1.07 bits per heavy atom. The Labute approximate surface area is 159 Å². The summed E-state index contributed by atoms with van der Waals surface area (Å²) in [5.74, 6) is -3.14. The zero-order chi connectivity index (χ0) is 20.4. The summed E-state index contributed by atoms with van der Waals surface area (Å²) in [4.78, 5) is 41.6. The molecule has 0 atom stereocenters. The van der Waals surface area contributed by atoms with E-state index in [0.717, 1.165) is 6.07 Å². The molecule has 0 saturated carbocycles. The summed E-state index contributed by atoms with van der Waals surface area (Å²) in [6, 6.07) is 8.83. The lowest BCUT2D eigenvalue weighted by molar-refractivity contribution is 0.0696. The molecule has 9 heteroatoms. The van der Waals surface area contributed by atoms with E-state index in [1.165, 1.54) is 12.1 Å². The third-order valence-electron chi connectivity index (χ3n) is 3.99. The first-order valence-electron chi connectivity index (χ1n) is 8.30. The van der Waals surface area contributed by atoms with Crippen LogP contribution in [-0.4, -0.2) is 56.4 Å². The number of nitrogens with zero attached hydrogens (tertiary/aromatic N) is 3. The lowest BCUT2D eigenvalue weighted by atomic mass is 10.1. The Morgan fingerprint density at radius 2 is 1.71 bits per heavy atom. The van der Waals surface area contributed by atoms with Crippen molar-refractivity contribution in [2.24, 2.45) is 0 Å². The normalized spacial score (nSPS) is 11.0. The van der Waals surface area contributed by atoms with Crippen LogP contribution < -0.4 is 5.32 Å². The first kappa shape index (κ1) is 19.1. The van der Waals surface area contributed by atoms with Crippen molar-refractivity contribution >= 4 is 29.2 Å². The van der Waals surface area contributed by atoms with Crippen LogP contribution >= 0.6 is 0 Å². The van der Waals surface area contributed by atoms with Crippen molar-refractivity contribution in [1.82, 2.24) is 14.3 Å². The Bertz CT molecular complexity index is 1050. The van der Waals surface area contributed by atoms with Crippen molar-refractivity contribution in [2.75, 3.05) is 19.4 Å². The topological polar surface area (TPSA) is 124 Å². The van der Waals surface area contributed by atoms with Crippen molar-refractivity contribution in [2.45, 2.75) is 6.54 Å². The minimum absolute atomic E-state index is 0.0650. The van der Waals surface area contributed by atoms with E-state index in [1.807, 2.05) is 25.1 Å². The van der Waals surface area contributed by atoms with Crippen LogP contribution in [0, 0.1) is 0 Å². The van der Waals surface area contributed by atoms with Gasteiger partial charge in [-0.05, 0) is 44.4 Å². The van der Waals surface area contributed by atoms with E-state index in [0.29, 0.717) is 17.9 Å². The number of fused-ring (bicyclic) bond motifs is 1. The minimum atomic E-state index is -1.29. The van der Waals surface area contributed by atoms with E-state index in [-0.39, 0.29) is 22.5 Å². The van der Waals surface area contributed by atoms with Gasteiger partial charge in [-0.2, -0.15) is 0 Å². The standard InChI is InChI=1S/C19H18N4O5/c1-22(2)10-14-16(21-15-5-3-4-6-23(14)15)17(24)20-13-8-11(18(25)26)7-12(9-13)19(27)28/h3-9H,10H2,1-2H3,(H,20,24)(H,25,26)(H,27,28). The molecule has 0 spiro atoms. The Hall–Kier alpha value is -3.72. The average molecular weight is 382 g/mol. The molecule has 0 radical (unpaired) electrons. The zero-order valence-electron chi connectivity index (χ0n) is 15.2. The van der Waals surface area contributed by atoms with Crippen molar-refractivity contribution < 1.29 is 24.6 Å². The smallest absolute Gasteiger partial charge is 0.335 e. The predicted molar refractivity (Wildman–Crippen MR) is 101 cm³/mol. The monoisotopic (exact) mass is 382 g/mol. The van der Waals surface area contributed by atoms with Crippen LogP contribution in [0.5, 0.6) is 0 Å². The summed E-state index contributed by atoms with van der Waals surface area (Å²) < 4.78 is 1.80. The van der Waals surface area contributed by atoms with Gasteiger partial charge in [0.05, 0.1) is 16.8 Å². The Balaban J connectivity index is 2.02. The third kappa shape index (κ3) is 3.84. The van der Waals surface area contributed by atoms with Crippen LogP contribution in [0.15, 0.2) is 42.6 Å². The van der Waals surface area contributed by atoms with E-state index in [1.54, 1.807) is 22.7 Å². The molecule has 0 bridgehead atoms. The molecule has 2 aromatic heterocycles. The number of amides is 1. The number of carbonyl (C=O) groups excluding carboxylic acids is 1. The molecular formula is C19H18N4O5. The molecule has 0 unspecified atom stereocenters. The van der Waals surface area contributed by atoms with E-state index in [4.69, 9.17) is 0 Å². The second kappa shape index (κ2) is 7.49. The predicted octanol–water partition coefficient (Wildman–Crippen LogP) is 2.04. The number of aromatic nitrogens is 2. The summed E-state index contributed by atoms with van der Waals surface area (Å²) in [6.07, 6.45) is 1.80. The highest BCUT2D eigenvalue weighted by Crippen LogP contribution is 2.19. The number of pyridine rings is 1. The molecule has 144 valence electrons. The van der Waals surface area contributed by atoms with Crippen LogP contribution in [0.4, 0.5) is 5.69 Å². The lowest BCUT2D eigenvalue weighted by Gasteiger charge is -2.12. The van der Waals surface area contributed by atoms with Crippen molar-refractivity contribution in [3.63, 3.8) is 0 Å². The van der Waals surface area contributed by atoms with Crippen molar-refractivity contribution in [3.05, 3.63) is 65.1 Å². The average Bonchev–Trinajstić information content (AvgIpc) is 2.99. The fraction of sp³-hybridized carbons (Fsp3) is 0.158. The minimum Gasteiger partial charge on any atom is -0.478 e. The van der Waals surface area contributed by atoms with Gasteiger partial charge in [-0.1, -0.05) is 6.07 Å². The summed E-state index contributed by atoms with van der Waals surface area (Å²) in [5.41, 5.74) is 1.02. The van der Waals surface area contributed by atoms with Gasteiger partial charge in [-0.3, -0.25) is 4.79 Å². The SMILES string of the molecule is CN(C)Cc1c(C(=O)Nc2cc(C(=O)O)cc(C(=O)O)c2)nc2ccccn12. The number of carboxylic acids is 2. The van der Waals surface area contributed by atoms with Crippen LogP contribution in [0.1, 0.15) is 36.9 Å². The summed E-state index contributed by atoms with van der Waals surface area (Å²) >= 11 is 0. The number of hydrogen-bond acceptors (Lipinski definition) is 5. The molecular weight excluding hydrogens is 364 g/mol. The number of carbonyl (C=O) groups is 3. The zero-order valence-corrected chi connectivity index (χ0v) is 15.2. The van der Waals surface area contributed by atoms with Gasteiger partial charge in [0.2, 0.25) is 0 Å². The van der Waals surface area contributed by atoms with Crippen molar-refractivity contribution in [3.8, 4) is 0 Å². The summed E-state index contributed by atoms with van der Waals surface area (Å²) in [5, 5.41) is 20.9. The third-order valence-corrected chi connectivity index (χ3v) is 3.99. The second-order valence-corrected chi connectivity index (χ2v) is 6.44. The van der Waals surface area contributed by atoms with Crippen LogP contribution in [0.3, 0.4) is 0 Å². The van der Waals surface area contributed by atoms with Gasteiger partial charge in [-0.25, -0.2) is 14.6 Å². The number of carboxylic acid groups (broad SMARTS) is 2. The van der Waals surface area contributed by atoms with E-state index in [9.17, 15) is 24.6 Å². The van der Waals surface area contributed by atoms with E-state index < -0.39 is 17.8 Å². The molecule has 0 aliphatic heterocycles. The number of rotatable bonds is 6. The lowest BCUT2D eigenvalue weighted by Crippen LogP contribution is -2.19. The van der Waals surface area contributed by atoms with Crippen LogP contribution in [0.2, 0.25) is 0 Å². The quantitative estimate of drug-likeness (QED) is 0.596. The first-order chi connectivity index (χ1) is 13.3. The molecule has 0 fully saturated rings. The molecule has 2 heterocycles. The Morgan fingerprint density at radius 3 is 2.29 bits per heavy atom. The first-order valence-corrected chi connectivity index (χ1v) is 8.30. The number of imidazole rings is 1. The summed E-state index contributed by atoms with van der Waals surface area (Å²) in [7, 11) is 3.72. The molecule has 3 rings (SSSR count). The molecule has 0 aliphatic rings. The van der Waals surface area contributed by atoms with Crippen molar-refractivity contribution in [1.29, 1.82) is 0 Å². The maximum Gasteiger partial charge on any atom is 0.335 e. The molecule has 1 aromatic carbocycles. The van der Waals surface area contributed by atoms with Gasteiger partial charge in [0.1, 0.15) is 5.65 Å². The molecule has 9 nitrogen and oxygen atoms in total. The van der Waals surface area contributed by atoms with Gasteiger partial charge in [0.15, 0.2) is 5.69 Å². The van der Waals surface area contributed by atoms with E-state index in [2.05, 4.69) is 10.3 Å². The number of benzene rings is 1. The van der Waals surface area contributed by atoms with Gasteiger partial charge < -0.3 is 24.8 Å². The number of hydrogen-bond donors (Lipinski definition) is 3. The molecule has 1 amide bonds. The Kier molecular flexibility index (Phi) is 5.10. The number of nitrogens with one attached hydrogen (secondary N) is 1. The maximum atomic E-state index is 12.8. The molecule has 3 N–H and O–H groups in total.